The first-order valence-electron chi connectivity index (χ1n) is 10.1. The lowest BCUT2D eigenvalue weighted by Crippen LogP contribution is -2.14. The van der Waals surface area contributed by atoms with Gasteiger partial charge in [-0.1, -0.05) is 53.5 Å². The SMILES string of the molecule is C/C(=N/n1c(-c2ccc(Cl)c(Cl)c2)csc1=Nc1ccccc1C(F)(F)F)c1ccc(C#N)cc1. The van der Waals surface area contributed by atoms with E-state index in [0.29, 0.717) is 32.6 Å². The molecule has 4 aromatic rings. The van der Waals surface area contributed by atoms with Gasteiger partial charge < -0.3 is 0 Å². The van der Waals surface area contributed by atoms with Gasteiger partial charge in [0.2, 0.25) is 4.80 Å². The molecule has 0 aliphatic carbocycles. The van der Waals surface area contributed by atoms with E-state index in [0.717, 1.165) is 23.0 Å². The van der Waals surface area contributed by atoms with E-state index in [9.17, 15) is 13.2 Å². The highest BCUT2D eigenvalue weighted by atomic mass is 35.5. The standard InChI is InChI=1S/C25H15Cl2F3N4S/c1-15(17-8-6-16(13-31)7-9-17)33-34-23(18-10-11-20(26)21(27)12-18)14-35-24(34)32-22-5-3-2-4-19(22)25(28,29)30/h2-12,14H,1H3/b32-24?,33-15-. The number of thiazole rings is 1. The number of nitriles is 1. The number of hydrogen-bond donors (Lipinski definition) is 0. The summed E-state index contributed by atoms with van der Waals surface area (Å²) in [6.45, 7) is 1.76. The van der Waals surface area contributed by atoms with E-state index in [-0.39, 0.29) is 10.5 Å². The van der Waals surface area contributed by atoms with E-state index in [2.05, 4.69) is 16.2 Å². The summed E-state index contributed by atoms with van der Waals surface area (Å²) in [6, 6.07) is 19.0. The third kappa shape index (κ3) is 5.49. The van der Waals surface area contributed by atoms with Crippen molar-refractivity contribution in [3.05, 3.63) is 104 Å². The van der Waals surface area contributed by atoms with Crippen LogP contribution in [0.4, 0.5) is 18.9 Å². The first-order valence-corrected chi connectivity index (χ1v) is 11.7. The summed E-state index contributed by atoms with van der Waals surface area (Å²) < 4.78 is 42.1. The number of halogens is 5. The Morgan fingerprint density at radius 2 is 1.71 bits per heavy atom. The fourth-order valence-corrected chi connectivity index (χ4v) is 4.38. The Bertz CT molecular complexity index is 1530. The van der Waals surface area contributed by atoms with Gasteiger partial charge in [-0.25, -0.2) is 9.67 Å². The van der Waals surface area contributed by atoms with E-state index in [1.165, 1.54) is 22.9 Å². The molecule has 1 aromatic heterocycles. The molecule has 0 unspecified atom stereocenters. The molecule has 0 saturated heterocycles. The average Bonchev–Trinajstić information content (AvgIpc) is 3.22. The van der Waals surface area contributed by atoms with Gasteiger partial charge in [-0.2, -0.15) is 23.5 Å². The van der Waals surface area contributed by atoms with Crippen molar-refractivity contribution in [2.45, 2.75) is 13.1 Å². The highest BCUT2D eigenvalue weighted by Crippen LogP contribution is 2.36. The number of alkyl halides is 3. The van der Waals surface area contributed by atoms with Crippen molar-refractivity contribution in [2.24, 2.45) is 10.1 Å². The van der Waals surface area contributed by atoms with Crippen LogP contribution in [0, 0.1) is 11.3 Å². The highest BCUT2D eigenvalue weighted by Gasteiger charge is 2.33. The van der Waals surface area contributed by atoms with Crippen molar-refractivity contribution in [1.29, 1.82) is 5.26 Å². The molecule has 0 amide bonds. The van der Waals surface area contributed by atoms with Crippen LogP contribution in [-0.4, -0.2) is 10.4 Å². The molecule has 4 nitrogen and oxygen atoms in total. The summed E-state index contributed by atoms with van der Waals surface area (Å²) in [5.41, 5.74) is 1.98. The van der Waals surface area contributed by atoms with Gasteiger partial charge in [0.05, 0.1) is 44.3 Å². The smallest absolute Gasteiger partial charge is 0.219 e. The summed E-state index contributed by atoms with van der Waals surface area (Å²) in [5.74, 6) is 0. The number of nitrogens with zero attached hydrogens (tertiary/aromatic N) is 4. The van der Waals surface area contributed by atoms with E-state index in [1.54, 1.807) is 54.8 Å². The lowest BCUT2D eigenvalue weighted by atomic mass is 10.1. The van der Waals surface area contributed by atoms with Crippen molar-refractivity contribution in [3.8, 4) is 17.3 Å². The summed E-state index contributed by atoms with van der Waals surface area (Å²) in [7, 11) is 0. The maximum atomic E-state index is 13.6. The zero-order chi connectivity index (χ0) is 25.2. The lowest BCUT2D eigenvalue weighted by molar-refractivity contribution is -0.137. The second-order valence-corrected chi connectivity index (χ2v) is 9.00. The zero-order valence-corrected chi connectivity index (χ0v) is 20.3. The molecule has 35 heavy (non-hydrogen) atoms. The van der Waals surface area contributed by atoms with Crippen LogP contribution >= 0.6 is 34.5 Å². The first kappa shape index (κ1) is 24.7. The summed E-state index contributed by atoms with van der Waals surface area (Å²) in [4.78, 5) is 4.55. The van der Waals surface area contributed by atoms with Gasteiger partial charge in [0.1, 0.15) is 0 Å². The van der Waals surface area contributed by atoms with E-state index < -0.39 is 11.7 Å². The van der Waals surface area contributed by atoms with Gasteiger partial charge in [-0.3, -0.25) is 0 Å². The summed E-state index contributed by atoms with van der Waals surface area (Å²) >= 11 is 13.4. The second kappa shape index (κ2) is 10.1. The zero-order valence-electron chi connectivity index (χ0n) is 18.0. The molecule has 176 valence electrons. The van der Waals surface area contributed by atoms with Crippen LogP contribution in [-0.2, 0) is 6.18 Å². The Hall–Kier alpha value is -3.38. The maximum absolute atomic E-state index is 13.6. The van der Waals surface area contributed by atoms with E-state index >= 15 is 0 Å². The third-order valence-electron chi connectivity index (χ3n) is 5.01. The van der Waals surface area contributed by atoms with Crippen LogP contribution in [0.25, 0.3) is 11.3 Å². The van der Waals surface area contributed by atoms with Crippen LogP contribution in [0.3, 0.4) is 0 Å². The van der Waals surface area contributed by atoms with E-state index in [4.69, 9.17) is 28.5 Å². The van der Waals surface area contributed by atoms with Crippen LogP contribution in [0.15, 0.2) is 82.2 Å². The van der Waals surface area contributed by atoms with E-state index in [1.807, 2.05) is 0 Å². The molecule has 0 aliphatic rings. The topological polar surface area (TPSA) is 53.4 Å². The molecule has 0 N–H and O–H groups in total. The van der Waals surface area contributed by atoms with Gasteiger partial charge in [-0.15, -0.1) is 11.3 Å². The Morgan fingerprint density at radius 1 is 1.00 bits per heavy atom. The van der Waals surface area contributed by atoms with Crippen molar-refractivity contribution < 1.29 is 13.2 Å². The van der Waals surface area contributed by atoms with Gasteiger partial charge in [0.15, 0.2) is 0 Å². The van der Waals surface area contributed by atoms with Crippen LogP contribution < -0.4 is 4.80 Å². The quantitative estimate of drug-likeness (QED) is 0.247. The molecule has 0 atom stereocenters. The Morgan fingerprint density at radius 3 is 2.37 bits per heavy atom. The lowest BCUT2D eigenvalue weighted by Gasteiger charge is -2.10. The molecular formula is C25H15Cl2F3N4S. The number of para-hydroxylation sites is 1. The summed E-state index contributed by atoms with van der Waals surface area (Å²) in [6.07, 6.45) is -4.56. The third-order valence-corrected chi connectivity index (χ3v) is 6.56. The van der Waals surface area contributed by atoms with Gasteiger partial charge in [0.25, 0.3) is 0 Å². The minimum absolute atomic E-state index is 0.220. The predicted molar refractivity (Wildman–Crippen MR) is 133 cm³/mol. The second-order valence-electron chi connectivity index (χ2n) is 7.35. The minimum Gasteiger partial charge on any atom is -0.219 e. The van der Waals surface area contributed by atoms with Crippen LogP contribution in [0.2, 0.25) is 10.0 Å². The Kier molecular flexibility index (Phi) is 7.13. The van der Waals surface area contributed by atoms with Gasteiger partial charge >= 0.3 is 6.18 Å². The monoisotopic (exact) mass is 530 g/mol. The molecule has 0 aliphatic heterocycles. The molecule has 10 heteroatoms. The molecular weight excluding hydrogens is 516 g/mol. The van der Waals surface area contributed by atoms with Crippen molar-refractivity contribution in [3.63, 3.8) is 0 Å². The normalized spacial score (nSPS) is 12.6. The first-order chi connectivity index (χ1) is 16.7. The molecule has 3 aromatic carbocycles. The van der Waals surface area contributed by atoms with Crippen molar-refractivity contribution >= 4 is 45.9 Å². The minimum atomic E-state index is -4.56. The van der Waals surface area contributed by atoms with Crippen LogP contribution in [0.1, 0.15) is 23.6 Å². The van der Waals surface area contributed by atoms with Gasteiger partial charge in [-0.05, 0) is 48.9 Å². The fraction of sp³-hybridized carbons (Fsp3) is 0.0800. The number of rotatable bonds is 4. The average molecular weight is 531 g/mol. The fourth-order valence-electron chi connectivity index (χ4n) is 3.24. The molecule has 0 radical (unpaired) electrons. The predicted octanol–water partition coefficient (Wildman–Crippen LogP) is 7.92. The molecule has 0 spiro atoms. The molecule has 1 heterocycles. The number of aromatic nitrogens is 1. The highest BCUT2D eigenvalue weighted by molar-refractivity contribution is 7.07. The number of hydrogen-bond acceptors (Lipinski definition) is 4. The summed E-state index contributed by atoms with van der Waals surface area (Å²) in [5, 5.41) is 16.2. The van der Waals surface area contributed by atoms with Crippen molar-refractivity contribution in [2.75, 3.05) is 0 Å². The largest absolute Gasteiger partial charge is 0.418 e. The molecule has 0 bridgehead atoms. The Labute approximate surface area is 212 Å². The maximum Gasteiger partial charge on any atom is 0.418 e. The molecule has 4 rings (SSSR count). The van der Waals surface area contributed by atoms with Crippen LogP contribution in [0.5, 0.6) is 0 Å². The number of benzene rings is 3. The molecule has 0 saturated carbocycles. The molecule has 0 fully saturated rings. The van der Waals surface area contributed by atoms with Gasteiger partial charge in [0, 0.05) is 10.9 Å². The Balaban J connectivity index is 1.94. The van der Waals surface area contributed by atoms with Crippen molar-refractivity contribution in [1.82, 2.24) is 4.68 Å².